The van der Waals surface area contributed by atoms with Crippen molar-refractivity contribution in [2.75, 3.05) is 0 Å². The van der Waals surface area contributed by atoms with Gasteiger partial charge >= 0.3 is 5.97 Å². The van der Waals surface area contributed by atoms with Gasteiger partial charge in [-0.1, -0.05) is 31.2 Å². The number of carbonyl (C=O) groups is 1. The van der Waals surface area contributed by atoms with Crippen LogP contribution in [0, 0.1) is 0 Å². The molecule has 0 aliphatic rings. The number of carboxylic acid groups (broad SMARTS) is 1. The van der Waals surface area contributed by atoms with Crippen molar-refractivity contribution >= 4 is 5.97 Å². The zero-order valence-electron chi connectivity index (χ0n) is 10.7. The number of rotatable bonds is 4. The molecule has 4 nitrogen and oxygen atoms in total. The molecule has 0 unspecified atom stereocenters. The van der Waals surface area contributed by atoms with E-state index in [0.29, 0.717) is 6.54 Å². The molecule has 2 aromatic rings. The van der Waals surface area contributed by atoms with Gasteiger partial charge in [0.05, 0.1) is 0 Å². The summed E-state index contributed by atoms with van der Waals surface area (Å²) < 4.78 is 1.70. The van der Waals surface area contributed by atoms with Crippen LogP contribution in [0.25, 0.3) is 0 Å². The van der Waals surface area contributed by atoms with Crippen LogP contribution in [-0.4, -0.2) is 15.6 Å². The maximum Gasteiger partial charge on any atom is 0.341 e. The van der Waals surface area contributed by atoms with Crippen LogP contribution in [0.5, 0.6) is 0 Å². The van der Waals surface area contributed by atoms with Gasteiger partial charge in [-0.25, -0.2) is 4.79 Å². The highest BCUT2D eigenvalue weighted by Crippen LogP contribution is 2.07. The van der Waals surface area contributed by atoms with Gasteiger partial charge in [0.15, 0.2) is 5.43 Å². The average molecular weight is 257 g/mol. The van der Waals surface area contributed by atoms with Gasteiger partial charge in [-0.3, -0.25) is 4.79 Å². The van der Waals surface area contributed by atoms with Crippen molar-refractivity contribution in [1.82, 2.24) is 4.57 Å². The van der Waals surface area contributed by atoms with Crippen LogP contribution in [0.3, 0.4) is 0 Å². The molecule has 0 aliphatic heterocycles. The Morgan fingerprint density at radius 3 is 2.37 bits per heavy atom. The molecule has 0 saturated heterocycles. The van der Waals surface area contributed by atoms with Crippen molar-refractivity contribution in [2.24, 2.45) is 0 Å². The number of pyridine rings is 1. The fourth-order valence-electron chi connectivity index (χ4n) is 1.88. The van der Waals surface area contributed by atoms with Gasteiger partial charge in [-0.2, -0.15) is 0 Å². The van der Waals surface area contributed by atoms with E-state index in [4.69, 9.17) is 5.11 Å². The highest BCUT2D eigenvalue weighted by Gasteiger charge is 2.08. The smallest absolute Gasteiger partial charge is 0.341 e. The van der Waals surface area contributed by atoms with Crippen molar-refractivity contribution < 1.29 is 9.90 Å². The summed E-state index contributed by atoms with van der Waals surface area (Å²) in [7, 11) is 0. The zero-order chi connectivity index (χ0) is 13.8. The molecule has 0 bridgehead atoms. The number of hydrogen-bond acceptors (Lipinski definition) is 2. The van der Waals surface area contributed by atoms with Crippen LogP contribution in [0.2, 0.25) is 0 Å². The molecular weight excluding hydrogens is 242 g/mol. The van der Waals surface area contributed by atoms with Crippen molar-refractivity contribution in [3.05, 3.63) is 69.6 Å². The highest BCUT2D eigenvalue weighted by molar-refractivity contribution is 5.86. The summed E-state index contributed by atoms with van der Waals surface area (Å²) in [6.07, 6.45) is 3.96. The number of carboxylic acids is 1. The largest absolute Gasteiger partial charge is 0.477 e. The Balaban J connectivity index is 2.25. The van der Waals surface area contributed by atoms with Crippen molar-refractivity contribution in [2.45, 2.75) is 19.9 Å². The number of aryl methyl sites for hydroxylation is 1. The second-order valence-corrected chi connectivity index (χ2v) is 4.37. The predicted octanol–water partition coefficient (Wildman–Crippen LogP) is 2.16. The summed E-state index contributed by atoms with van der Waals surface area (Å²) in [4.78, 5) is 22.3. The standard InChI is InChI=1S/C15H15NO3/c1-2-11-3-5-12(6-4-11)9-16-8-7-14(17)13(10-16)15(18)19/h3-8,10H,2,9H2,1H3,(H,18,19). The van der Waals surface area contributed by atoms with E-state index in [2.05, 4.69) is 19.1 Å². The Hall–Kier alpha value is -2.36. The lowest BCUT2D eigenvalue weighted by Crippen LogP contribution is -2.16. The Morgan fingerprint density at radius 2 is 1.79 bits per heavy atom. The molecule has 98 valence electrons. The van der Waals surface area contributed by atoms with Crippen molar-refractivity contribution in [3.8, 4) is 0 Å². The van der Waals surface area contributed by atoms with Gasteiger partial charge in [-0.05, 0) is 17.5 Å². The first-order chi connectivity index (χ1) is 9.10. The van der Waals surface area contributed by atoms with E-state index in [1.54, 1.807) is 10.8 Å². The monoisotopic (exact) mass is 257 g/mol. The van der Waals surface area contributed by atoms with Gasteiger partial charge in [-0.15, -0.1) is 0 Å². The minimum absolute atomic E-state index is 0.201. The minimum atomic E-state index is -1.19. The maximum absolute atomic E-state index is 11.4. The molecule has 0 fully saturated rings. The molecule has 19 heavy (non-hydrogen) atoms. The van der Waals surface area contributed by atoms with Crippen molar-refractivity contribution in [1.29, 1.82) is 0 Å². The van der Waals surface area contributed by atoms with Gasteiger partial charge in [0.2, 0.25) is 0 Å². The molecule has 1 aromatic heterocycles. The Labute approximate surface area is 110 Å². The fourth-order valence-corrected chi connectivity index (χ4v) is 1.88. The van der Waals surface area contributed by atoms with E-state index < -0.39 is 11.4 Å². The normalized spacial score (nSPS) is 10.4. The number of benzene rings is 1. The van der Waals surface area contributed by atoms with E-state index in [1.807, 2.05) is 12.1 Å². The van der Waals surface area contributed by atoms with E-state index in [0.717, 1.165) is 12.0 Å². The summed E-state index contributed by atoms with van der Waals surface area (Å²) >= 11 is 0. The lowest BCUT2D eigenvalue weighted by Gasteiger charge is -2.08. The van der Waals surface area contributed by atoms with E-state index >= 15 is 0 Å². The van der Waals surface area contributed by atoms with Crippen LogP contribution in [0.1, 0.15) is 28.4 Å². The molecule has 1 N–H and O–H groups in total. The zero-order valence-corrected chi connectivity index (χ0v) is 10.7. The molecule has 0 radical (unpaired) electrons. The fraction of sp³-hybridized carbons (Fsp3) is 0.200. The number of aromatic nitrogens is 1. The van der Waals surface area contributed by atoms with Gasteiger partial charge in [0, 0.05) is 25.0 Å². The topological polar surface area (TPSA) is 59.3 Å². The van der Waals surface area contributed by atoms with E-state index in [-0.39, 0.29) is 5.56 Å². The quantitative estimate of drug-likeness (QED) is 0.913. The molecule has 2 rings (SSSR count). The van der Waals surface area contributed by atoms with Crippen molar-refractivity contribution in [3.63, 3.8) is 0 Å². The first-order valence-corrected chi connectivity index (χ1v) is 6.11. The van der Waals surface area contributed by atoms with Crippen LogP contribution in [0.15, 0.2) is 47.5 Å². The Morgan fingerprint density at radius 1 is 1.16 bits per heavy atom. The molecule has 1 aromatic carbocycles. The van der Waals surface area contributed by atoms with Crippen LogP contribution < -0.4 is 5.43 Å². The third kappa shape index (κ3) is 3.10. The Kier molecular flexibility index (Phi) is 3.80. The third-order valence-corrected chi connectivity index (χ3v) is 3.00. The Bertz CT molecular complexity index is 641. The molecule has 0 atom stereocenters. The van der Waals surface area contributed by atoms with Crippen LogP contribution in [-0.2, 0) is 13.0 Å². The first-order valence-electron chi connectivity index (χ1n) is 6.11. The highest BCUT2D eigenvalue weighted by atomic mass is 16.4. The summed E-state index contributed by atoms with van der Waals surface area (Å²) in [5.41, 5.74) is 1.66. The number of nitrogens with zero attached hydrogens (tertiary/aromatic N) is 1. The molecule has 0 spiro atoms. The molecule has 1 heterocycles. The van der Waals surface area contributed by atoms with Gasteiger partial charge in [0.25, 0.3) is 0 Å². The summed E-state index contributed by atoms with van der Waals surface area (Å²) in [5.74, 6) is -1.19. The minimum Gasteiger partial charge on any atom is -0.477 e. The molecule has 0 amide bonds. The summed E-state index contributed by atoms with van der Waals surface area (Å²) in [6, 6.07) is 9.41. The third-order valence-electron chi connectivity index (χ3n) is 3.00. The second-order valence-electron chi connectivity index (χ2n) is 4.37. The maximum atomic E-state index is 11.4. The summed E-state index contributed by atoms with van der Waals surface area (Å²) in [6.45, 7) is 2.64. The molecule has 0 aliphatic carbocycles. The van der Waals surface area contributed by atoms with Gasteiger partial charge < -0.3 is 9.67 Å². The lowest BCUT2D eigenvalue weighted by molar-refractivity contribution is 0.0694. The first kappa shape index (κ1) is 13.1. The molecule has 4 heteroatoms. The summed E-state index contributed by atoms with van der Waals surface area (Å²) in [5, 5.41) is 8.91. The predicted molar refractivity (Wildman–Crippen MR) is 72.6 cm³/mol. The lowest BCUT2D eigenvalue weighted by atomic mass is 10.1. The average Bonchev–Trinajstić information content (AvgIpc) is 2.41. The number of hydrogen-bond donors (Lipinski definition) is 1. The van der Waals surface area contributed by atoms with Crippen LogP contribution >= 0.6 is 0 Å². The SMILES string of the molecule is CCc1ccc(Cn2ccc(=O)c(C(=O)O)c2)cc1. The van der Waals surface area contributed by atoms with E-state index in [9.17, 15) is 9.59 Å². The van der Waals surface area contributed by atoms with Crippen LogP contribution in [0.4, 0.5) is 0 Å². The van der Waals surface area contributed by atoms with Gasteiger partial charge in [0.1, 0.15) is 5.56 Å². The molecular formula is C15H15NO3. The number of aromatic carboxylic acids is 1. The molecule has 0 saturated carbocycles. The second kappa shape index (κ2) is 5.52. The van der Waals surface area contributed by atoms with E-state index in [1.165, 1.54) is 17.8 Å².